The van der Waals surface area contributed by atoms with Gasteiger partial charge < -0.3 is 10.1 Å². The van der Waals surface area contributed by atoms with Gasteiger partial charge >= 0.3 is 0 Å². The predicted octanol–water partition coefficient (Wildman–Crippen LogP) is 3.69. The van der Waals surface area contributed by atoms with Crippen LogP contribution in [0, 0.1) is 0 Å². The molecule has 0 bridgehead atoms. The minimum absolute atomic E-state index is 0.256. The lowest BCUT2D eigenvalue weighted by Gasteiger charge is -2.15. The van der Waals surface area contributed by atoms with E-state index in [-0.39, 0.29) is 5.91 Å². The van der Waals surface area contributed by atoms with Gasteiger partial charge in [-0.25, -0.2) is 0 Å². The summed E-state index contributed by atoms with van der Waals surface area (Å²) in [6, 6.07) is 12.3. The number of nitrogens with one attached hydrogen (secondary N) is 1. The molecule has 1 atom stereocenters. The van der Waals surface area contributed by atoms with Crippen LogP contribution in [0.2, 0.25) is 5.02 Å². The summed E-state index contributed by atoms with van der Waals surface area (Å²) < 4.78 is 5.59. The van der Waals surface area contributed by atoms with Gasteiger partial charge in [0, 0.05) is 23.1 Å². The number of hydrogen-bond donors (Lipinski definition) is 1. The third-order valence-corrected chi connectivity index (χ3v) is 3.45. The number of ether oxygens (including phenoxy) is 1. The van der Waals surface area contributed by atoms with E-state index in [2.05, 4.69) is 15.3 Å². The highest BCUT2D eigenvalue weighted by Crippen LogP contribution is 2.19. The van der Waals surface area contributed by atoms with Crippen LogP contribution in [0.3, 0.4) is 0 Å². The molecular weight excluding hydrogens is 314 g/mol. The molecule has 0 aliphatic heterocycles. The van der Waals surface area contributed by atoms with E-state index >= 15 is 0 Å². The second-order valence-corrected chi connectivity index (χ2v) is 5.40. The Kier molecular flexibility index (Phi) is 4.39. The zero-order valence-electron chi connectivity index (χ0n) is 12.4. The molecule has 0 saturated carbocycles. The molecule has 3 rings (SSSR count). The third kappa shape index (κ3) is 3.76. The van der Waals surface area contributed by atoms with Gasteiger partial charge in [-0.3, -0.25) is 14.8 Å². The monoisotopic (exact) mass is 327 g/mol. The summed E-state index contributed by atoms with van der Waals surface area (Å²) in [6.45, 7) is 1.68. The molecule has 1 heterocycles. The fourth-order valence-electron chi connectivity index (χ4n) is 2.08. The quantitative estimate of drug-likeness (QED) is 0.793. The van der Waals surface area contributed by atoms with E-state index < -0.39 is 6.10 Å². The van der Waals surface area contributed by atoms with E-state index in [1.54, 1.807) is 61.8 Å². The standard InChI is InChI=1S/C17H14ClN3O2/c1-11(23-14-4-2-3-12(18)9-14)17(22)21-13-5-6-15-16(10-13)20-8-7-19-15/h2-11H,1H3,(H,21,22)/t11-/m0/s1. The largest absolute Gasteiger partial charge is 0.481 e. The number of carbonyl (C=O) groups excluding carboxylic acids is 1. The second kappa shape index (κ2) is 6.62. The minimum Gasteiger partial charge on any atom is -0.481 e. The summed E-state index contributed by atoms with van der Waals surface area (Å²) in [7, 11) is 0. The highest BCUT2D eigenvalue weighted by Gasteiger charge is 2.15. The fourth-order valence-corrected chi connectivity index (χ4v) is 2.26. The summed E-state index contributed by atoms with van der Waals surface area (Å²) in [5.74, 6) is 0.290. The Hall–Kier alpha value is -2.66. The van der Waals surface area contributed by atoms with Crippen LogP contribution in [0.4, 0.5) is 5.69 Å². The van der Waals surface area contributed by atoms with E-state index in [0.717, 1.165) is 5.52 Å². The molecule has 1 amide bonds. The summed E-state index contributed by atoms with van der Waals surface area (Å²) in [6.07, 6.45) is 2.58. The molecule has 23 heavy (non-hydrogen) atoms. The van der Waals surface area contributed by atoms with Crippen LogP contribution in [0.5, 0.6) is 5.75 Å². The number of carbonyl (C=O) groups is 1. The molecule has 3 aromatic rings. The molecule has 0 fully saturated rings. The third-order valence-electron chi connectivity index (χ3n) is 3.22. The Morgan fingerprint density at radius 3 is 2.70 bits per heavy atom. The van der Waals surface area contributed by atoms with Gasteiger partial charge in [0.05, 0.1) is 11.0 Å². The fraction of sp³-hybridized carbons (Fsp3) is 0.118. The first-order chi connectivity index (χ1) is 11.1. The maximum absolute atomic E-state index is 12.2. The zero-order chi connectivity index (χ0) is 16.2. The lowest BCUT2D eigenvalue weighted by molar-refractivity contribution is -0.122. The maximum atomic E-state index is 12.2. The topological polar surface area (TPSA) is 64.1 Å². The number of hydrogen-bond acceptors (Lipinski definition) is 4. The van der Waals surface area contributed by atoms with Gasteiger partial charge in [-0.05, 0) is 43.3 Å². The van der Waals surface area contributed by atoms with Crippen molar-refractivity contribution in [1.29, 1.82) is 0 Å². The number of fused-ring (bicyclic) bond motifs is 1. The molecule has 5 nitrogen and oxygen atoms in total. The summed E-state index contributed by atoms with van der Waals surface area (Å²) in [5.41, 5.74) is 2.13. The van der Waals surface area contributed by atoms with Gasteiger partial charge in [-0.2, -0.15) is 0 Å². The van der Waals surface area contributed by atoms with E-state index in [1.165, 1.54) is 0 Å². The van der Waals surface area contributed by atoms with Gasteiger partial charge in [0.1, 0.15) is 5.75 Å². The van der Waals surface area contributed by atoms with Crippen molar-refractivity contribution in [3.05, 3.63) is 59.9 Å². The van der Waals surface area contributed by atoms with E-state index in [9.17, 15) is 4.79 Å². The summed E-state index contributed by atoms with van der Waals surface area (Å²) >= 11 is 5.90. The molecule has 1 N–H and O–H groups in total. The summed E-state index contributed by atoms with van der Waals surface area (Å²) in [4.78, 5) is 20.6. The van der Waals surface area contributed by atoms with Crippen molar-refractivity contribution >= 4 is 34.2 Å². The predicted molar refractivity (Wildman–Crippen MR) is 89.7 cm³/mol. The lowest BCUT2D eigenvalue weighted by Crippen LogP contribution is -2.30. The highest BCUT2D eigenvalue weighted by molar-refractivity contribution is 6.30. The van der Waals surface area contributed by atoms with Crippen molar-refractivity contribution in [2.45, 2.75) is 13.0 Å². The number of nitrogens with zero attached hydrogens (tertiary/aromatic N) is 2. The van der Waals surface area contributed by atoms with Gasteiger partial charge in [-0.15, -0.1) is 0 Å². The number of anilines is 1. The van der Waals surface area contributed by atoms with Crippen LogP contribution >= 0.6 is 11.6 Å². The highest BCUT2D eigenvalue weighted by atomic mass is 35.5. The number of benzene rings is 2. The van der Waals surface area contributed by atoms with Crippen molar-refractivity contribution in [2.24, 2.45) is 0 Å². The molecule has 1 aromatic heterocycles. The van der Waals surface area contributed by atoms with Crippen molar-refractivity contribution in [1.82, 2.24) is 9.97 Å². The Labute approximate surface area is 138 Å². The molecule has 0 unspecified atom stereocenters. The van der Waals surface area contributed by atoms with Gasteiger partial charge in [0.2, 0.25) is 0 Å². The normalized spacial score (nSPS) is 11.9. The smallest absolute Gasteiger partial charge is 0.265 e. The Morgan fingerprint density at radius 2 is 1.91 bits per heavy atom. The molecule has 0 saturated heterocycles. The number of aromatic nitrogens is 2. The van der Waals surface area contributed by atoms with Gasteiger partial charge in [-0.1, -0.05) is 17.7 Å². The molecule has 116 valence electrons. The van der Waals surface area contributed by atoms with Crippen molar-refractivity contribution in [3.8, 4) is 5.75 Å². The Balaban J connectivity index is 1.69. The van der Waals surface area contributed by atoms with Crippen LogP contribution < -0.4 is 10.1 Å². The Bertz CT molecular complexity index is 854. The first-order valence-electron chi connectivity index (χ1n) is 7.06. The lowest BCUT2D eigenvalue weighted by atomic mass is 10.2. The van der Waals surface area contributed by atoms with Gasteiger partial charge in [0.15, 0.2) is 6.10 Å². The number of rotatable bonds is 4. The van der Waals surface area contributed by atoms with Crippen LogP contribution in [0.25, 0.3) is 11.0 Å². The Morgan fingerprint density at radius 1 is 1.13 bits per heavy atom. The molecule has 0 spiro atoms. The maximum Gasteiger partial charge on any atom is 0.265 e. The first kappa shape index (κ1) is 15.2. The molecule has 0 radical (unpaired) electrons. The van der Waals surface area contributed by atoms with E-state index in [1.807, 2.05) is 0 Å². The van der Waals surface area contributed by atoms with Crippen LogP contribution in [0.1, 0.15) is 6.92 Å². The van der Waals surface area contributed by atoms with Crippen LogP contribution in [-0.4, -0.2) is 22.0 Å². The summed E-state index contributed by atoms with van der Waals surface area (Å²) in [5, 5.41) is 3.36. The zero-order valence-corrected chi connectivity index (χ0v) is 13.1. The second-order valence-electron chi connectivity index (χ2n) is 4.97. The molecular formula is C17H14ClN3O2. The number of amides is 1. The van der Waals surface area contributed by atoms with Crippen LogP contribution in [-0.2, 0) is 4.79 Å². The minimum atomic E-state index is -0.661. The van der Waals surface area contributed by atoms with E-state index in [0.29, 0.717) is 22.0 Å². The first-order valence-corrected chi connectivity index (χ1v) is 7.43. The average molecular weight is 328 g/mol. The van der Waals surface area contributed by atoms with E-state index in [4.69, 9.17) is 16.3 Å². The van der Waals surface area contributed by atoms with Gasteiger partial charge in [0.25, 0.3) is 5.91 Å². The van der Waals surface area contributed by atoms with Crippen molar-refractivity contribution < 1.29 is 9.53 Å². The van der Waals surface area contributed by atoms with Crippen molar-refractivity contribution in [2.75, 3.05) is 5.32 Å². The molecule has 2 aromatic carbocycles. The van der Waals surface area contributed by atoms with Crippen molar-refractivity contribution in [3.63, 3.8) is 0 Å². The number of halogens is 1. The average Bonchev–Trinajstić information content (AvgIpc) is 2.54. The SMILES string of the molecule is C[C@H](Oc1cccc(Cl)c1)C(=O)Nc1ccc2nccnc2c1. The molecule has 0 aliphatic carbocycles. The molecule has 0 aliphatic rings. The van der Waals surface area contributed by atoms with Crippen LogP contribution in [0.15, 0.2) is 54.9 Å². The molecule has 6 heteroatoms.